The molecule has 0 saturated heterocycles. The van der Waals surface area contributed by atoms with E-state index in [1.54, 1.807) is 0 Å². The molecule has 0 rings (SSSR count). The van der Waals surface area contributed by atoms with E-state index in [0.717, 1.165) is 19.3 Å². The van der Waals surface area contributed by atoms with Crippen LogP contribution < -0.4 is 0 Å². The molecule has 78 valence electrons. The molecule has 0 fully saturated rings. The Hall–Kier alpha value is -1.36. The molecular weight excluding hydrogens is 196 g/mol. The van der Waals surface area contributed by atoms with Crippen molar-refractivity contribution in [1.82, 2.24) is 0 Å². The molecule has 0 aromatic carbocycles. The maximum absolute atomic E-state index is 3.85. The van der Waals surface area contributed by atoms with Crippen LogP contribution >= 0.6 is 0 Å². The lowest BCUT2D eigenvalue weighted by molar-refractivity contribution is 1.28. The maximum Gasteiger partial charge on any atom is 0.313 e. The van der Waals surface area contributed by atoms with Crippen molar-refractivity contribution in [2.75, 3.05) is 0 Å². The molecule has 0 bridgehead atoms. The molecule has 0 aliphatic heterocycles. The van der Waals surface area contributed by atoms with Crippen molar-refractivity contribution in [2.24, 2.45) is 0 Å². The van der Waals surface area contributed by atoms with Crippen LogP contribution in [0.25, 0.3) is 0 Å². The highest BCUT2D eigenvalue weighted by atomic mass is 28.3. The van der Waals surface area contributed by atoms with Gasteiger partial charge in [0.2, 0.25) is 0 Å². The molecule has 0 aromatic heterocycles. The van der Waals surface area contributed by atoms with Gasteiger partial charge in [-0.15, -0.1) is 24.3 Å². The largest absolute Gasteiger partial charge is 0.313 e. The molecule has 0 unspecified atom stereocenters. The first-order valence-electron chi connectivity index (χ1n) is 5.38. The fraction of sp³-hybridized carbons (Fsp3) is 0.429. The average Bonchev–Trinajstić information content (AvgIpc) is 2.29. The third-order valence-electron chi connectivity index (χ3n) is 1.69. The van der Waals surface area contributed by atoms with Crippen molar-refractivity contribution in [1.29, 1.82) is 0 Å². The summed E-state index contributed by atoms with van der Waals surface area (Å²) in [6, 6.07) is 0. The highest BCUT2D eigenvalue weighted by molar-refractivity contribution is 7.04. The van der Waals surface area contributed by atoms with E-state index >= 15 is 0 Å². The zero-order valence-electron chi connectivity index (χ0n) is 9.91. The van der Waals surface area contributed by atoms with E-state index in [1.807, 2.05) is 26.5 Å². The Kier molecular flexibility index (Phi) is 7.26. The van der Waals surface area contributed by atoms with Gasteiger partial charge in [0.25, 0.3) is 0 Å². The molecule has 0 saturated carbocycles. The number of hydrogen-bond donors (Lipinski definition) is 0. The smallest absolute Gasteiger partial charge is 0.108 e. The third kappa shape index (κ3) is 5.17. The van der Waals surface area contributed by atoms with E-state index in [1.165, 1.54) is 0 Å². The highest BCUT2D eigenvalue weighted by Gasteiger charge is 2.22. The van der Waals surface area contributed by atoms with Gasteiger partial charge in [-0.25, -0.2) is 0 Å². The lowest BCUT2D eigenvalue weighted by Gasteiger charge is -2.04. The Labute approximate surface area is 95.2 Å². The first kappa shape index (κ1) is 13.6. The fourth-order valence-corrected chi connectivity index (χ4v) is 2.79. The van der Waals surface area contributed by atoms with Crippen LogP contribution in [0.4, 0.5) is 0 Å². The summed E-state index contributed by atoms with van der Waals surface area (Å²) in [7, 11) is -2.15. The van der Waals surface area contributed by atoms with Crippen LogP contribution in [0.3, 0.4) is 0 Å². The zero-order chi connectivity index (χ0) is 11.6. The summed E-state index contributed by atoms with van der Waals surface area (Å²) in [4.78, 5) is 0. The Balaban J connectivity index is 5.19. The quantitative estimate of drug-likeness (QED) is 0.465. The van der Waals surface area contributed by atoms with E-state index in [-0.39, 0.29) is 0 Å². The number of rotatable bonds is 1. The Morgan fingerprint density at radius 3 is 1.40 bits per heavy atom. The van der Waals surface area contributed by atoms with Crippen molar-refractivity contribution in [3.63, 3.8) is 0 Å². The Morgan fingerprint density at radius 1 is 0.867 bits per heavy atom. The van der Waals surface area contributed by atoms with Gasteiger partial charge in [0.1, 0.15) is 0 Å². The van der Waals surface area contributed by atoms with Gasteiger partial charge in [0.05, 0.1) is 0 Å². The van der Waals surface area contributed by atoms with Gasteiger partial charge in [-0.2, -0.15) is 0 Å². The molecule has 0 aliphatic carbocycles. The Bertz CT molecular complexity index is 316. The van der Waals surface area contributed by atoms with Crippen LogP contribution in [0.15, 0.2) is 12.3 Å². The topological polar surface area (TPSA) is 0 Å². The first-order chi connectivity index (χ1) is 7.24. The molecule has 0 nitrogen and oxygen atoms in total. The lowest BCUT2D eigenvalue weighted by atomic mass is 10.5. The molecule has 1 heteroatoms. The molecule has 0 aliphatic rings. The van der Waals surface area contributed by atoms with E-state index < -0.39 is 8.07 Å². The first-order valence-corrected chi connectivity index (χ1v) is 7.46. The maximum atomic E-state index is 3.85. The van der Waals surface area contributed by atoms with Crippen LogP contribution in [0.2, 0.25) is 0 Å². The predicted octanol–water partition coefficient (Wildman–Crippen LogP) is 3.02. The van der Waals surface area contributed by atoms with Crippen molar-refractivity contribution >= 4 is 8.07 Å². The monoisotopic (exact) mass is 214 g/mol. The van der Waals surface area contributed by atoms with Gasteiger partial charge in [-0.05, 0) is 0 Å². The van der Waals surface area contributed by atoms with Gasteiger partial charge >= 0.3 is 8.07 Å². The summed E-state index contributed by atoms with van der Waals surface area (Å²) < 4.78 is 0. The van der Waals surface area contributed by atoms with E-state index in [4.69, 9.17) is 0 Å². The van der Waals surface area contributed by atoms with E-state index in [9.17, 15) is 0 Å². The van der Waals surface area contributed by atoms with Crippen LogP contribution in [-0.2, 0) is 0 Å². The fourth-order valence-electron chi connectivity index (χ4n) is 0.930. The van der Waals surface area contributed by atoms with Crippen molar-refractivity contribution in [2.45, 2.75) is 40.0 Å². The molecule has 0 radical (unpaired) electrons. The van der Waals surface area contributed by atoms with Crippen LogP contribution in [0, 0.1) is 34.4 Å². The molecule has 0 atom stereocenters. The molecule has 0 aromatic rings. The normalized spacial score (nSPS) is 8.47. The van der Waals surface area contributed by atoms with Gasteiger partial charge in [0, 0.05) is 19.3 Å². The minimum atomic E-state index is -2.15. The number of hydrogen-bond acceptors (Lipinski definition) is 0. The summed E-state index contributed by atoms with van der Waals surface area (Å²) >= 11 is 0. The molecule has 0 heterocycles. The summed E-state index contributed by atoms with van der Waals surface area (Å²) in [6.45, 7) is 9.96. The summed E-state index contributed by atoms with van der Waals surface area (Å²) in [6.07, 6.45) is 2.55. The van der Waals surface area contributed by atoms with Gasteiger partial charge in [0.15, 0.2) is 0 Å². The van der Waals surface area contributed by atoms with Gasteiger partial charge in [-0.3, -0.25) is 0 Å². The Morgan fingerprint density at radius 2 is 1.20 bits per heavy atom. The van der Waals surface area contributed by atoms with Gasteiger partial charge in [-0.1, -0.05) is 43.1 Å². The standard InChI is InChI=1S/C14H18Si/c1-5-9-12-15(8-4,13-10-6-2)14-11-7-3/h8H,4-7H2,1-3H3. The zero-order valence-corrected chi connectivity index (χ0v) is 10.9. The van der Waals surface area contributed by atoms with Crippen LogP contribution in [0.5, 0.6) is 0 Å². The molecule has 0 spiro atoms. The van der Waals surface area contributed by atoms with Crippen molar-refractivity contribution in [3.8, 4) is 34.4 Å². The third-order valence-corrected chi connectivity index (χ3v) is 4.02. The second-order valence-electron chi connectivity index (χ2n) is 2.98. The predicted molar refractivity (Wildman–Crippen MR) is 70.2 cm³/mol. The molecular formula is C14H18Si. The second-order valence-corrected chi connectivity index (χ2v) is 5.75. The van der Waals surface area contributed by atoms with Gasteiger partial charge < -0.3 is 0 Å². The minimum Gasteiger partial charge on any atom is -0.108 e. The average molecular weight is 214 g/mol. The van der Waals surface area contributed by atoms with E-state index in [2.05, 4.69) is 41.0 Å². The second kappa shape index (κ2) is 7.99. The van der Waals surface area contributed by atoms with E-state index in [0.29, 0.717) is 0 Å². The van der Waals surface area contributed by atoms with Crippen molar-refractivity contribution in [3.05, 3.63) is 12.3 Å². The van der Waals surface area contributed by atoms with Crippen LogP contribution in [-0.4, -0.2) is 8.07 Å². The minimum absolute atomic E-state index is 0.851. The SMILES string of the molecule is C=C[Si](C#CCC)(C#CCC)C#CCC. The van der Waals surface area contributed by atoms with Crippen molar-refractivity contribution < 1.29 is 0 Å². The molecule has 0 N–H and O–H groups in total. The summed E-state index contributed by atoms with van der Waals surface area (Å²) in [5.41, 5.74) is 11.6. The molecule has 0 amide bonds. The summed E-state index contributed by atoms with van der Waals surface area (Å²) in [5.74, 6) is 9.28. The lowest BCUT2D eigenvalue weighted by Crippen LogP contribution is -2.27. The summed E-state index contributed by atoms with van der Waals surface area (Å²) in [5, 5.41) is 0. The highest BCUT2D eigenvalue weighted by Crippen LogP contribution is 2.00. The van der Waals surface area contributed by atoms with Crippen LogP contribution in [0.1, 0.15) is 40.0 Å². The molecule has 15 heavy (non-hydrogen) atoms.